The van der Waals surface area contributed by atoms with Crippen LogP contribution in [0, 0.1) is 0 Å². The summed E-state index contributed by atoms with van der Waals surface area (Å²) in [7, 11) is 1.74. The number of aryl methyl sites for hydroxylation is 1. The van der Waals surface area contributed by atoms with Crippen molar-refractivity contribution in [3.8, 4) is 5.75 Å². The van der Waals surface area contributed by atoms with Crippen molar-refractivity contribution < 1.29 is 4.74 Å². The van der Waals surface area contributed by atoms with E-state index >= 15 is 0 Å². The van der Waals surface area contributed by atoms with E-state index in [0.29, 0.717) is 5.92 Å². The molecule has 0 atom stereocenters. The molecule has 0 radical (unpaired) electrons. The van der Waals surface area contributed by atoms with E-state index in [0.717, 1.165) is 12.2 Å². The highest BCUT2D eigenvalue weighted by atomic mass is 16.5. The summed E-state index contributed by atoms with van der Waals surface area (Å²) in [6.07, 6.45) is 1.07. The molecule has 1 rings (SSSR count). The highest BCUT2D eigenvalue weighted by Gasteiger charge is 2.10. The molecule has 0 aliphatic rings. The molecule has 1 heteroatoms. The molecule has 72 valence electrons. The Labute approximate surface area is 80.7 Å². The zero-order chi connectivity index (χ0) is 9.84. The summed E-state index contributed by atoms with van der Waals surface area (Å²) in [4.78, 5) is 0. The fraction of sp³-hybridized carbons (Fsp3) is 0.500. The average molecular weight is 178 g/mol. The molecule has 0 fully saturated rings. The van der Waals surface area contributed by atoms with Crippen LogP contribution in [-0.2, 0) is 6.42 Å². The van der Waals surface area contributed by atoms with Gasteiger partial charge in [-0.15, -0.1) is 0 Å². The van der Waals surface area contributed by atoms with Gasteiger partial charge in [-0.25, -0.2) is 0 Å². The molecule has 1 nitrogen and oxygen atoms in total. The number of methoxy groups -OCH3 is 1. The molecule has 0 bridgehead atoms. The Balaban J connectivity index is 3.21. The summed E-state index contributed by atoms with van der Waals surface area (Å²) in [6.45, 7) is 6.59. The normalized spacial score (nSPS) is 10.5. The molecule has 0 amide bonds. The summed E-state index contributed by atoms with van der Waals surface area (Å²) in [5.74, 6) is 1.56. The predicted octanol–water partition coefficient (Wildman–Crippen LogP) is 3.38. The summed E-state index contributed by atoms with van der Waals surface area (Å²) in [6, 6.07) is 6.27. The first kappa shape index (κ1) is 10.1. The predicted molar refractivity (Wildman–Crippen MR) is 56.5 cm³/mol. The fourth-order valence-electron chi connectivity index (χ4n) is 1.73. The minimum absolute atomic E-state index is 0.533. The number of hydrogen-bond donors (Lipinski definition) is 0. The van der Waals surface area contributed by atoms with Gasteiger partial charge in [-0.1, -0.05) is 32.9 Å². The first-order chi connectivity index (χ1) is 6.20. The van der Waals surface area contributed by atoms with Gasteiger partial charge in [0.15, 0.2) is 0 Å². The van der Waals surface area contributed by atoms with E-state index in [1.807, 2.05) is 6.07 Å². The fourth-order valence-corrected chi connectivity index (χ4v) is 1.73. The molecule has 0 saturated heterocycles. The van der Waals surface area contributed by atoms with Crippen molar-refractivity contribution in [2.24, 2.45) is 0 Å². The lowest BCUT2D eigenvalue weighted by atomic mass is 9.95. The van der Waals surface area contributed by atoms with E-state index in [2.05, 4.69) is 32.9 Å². The second kappa shape index (κ2) is 4.31. The number of hydrogen-bond acceptors (Lipinski definition) is 1. The van der Waals surface area contributed by atoms with Crippen molar-refractivity contribution in [2.45, 2.75) is 33.1 Å². The molecule has 1 aromatic rings. The maximum absolute atomic E-state index is 5.35. The van der Waals surface area contributed by atoms with Gasteiger partial charge in [-0.05, 0) is 29.5 Å². The molecule has 0 unspecified atom stereocenters. The van der Waals surface area contributed by atoms with Crippen LogP contribution < -0.4 is 4.74 Å². The SMILES string of the molecule is CCc1cccc(OC)c1C(C)C. The van der Waals surface area contributed by atoms with Crippen molar-refractivity contribution in [3.63, 3.8) is 0 Å². The Morgan fingerprint density at radius 2 is 2.00 bits per heavy atom. The molecular weight excluding hydrogens is 160 g/mol. The van der Waals surface area contributed by atoms with Crippen LogP contribution in [0.15, 0.2) is 18.2 Å². The van der Waals surface area contributed by atoms with Crippen LogP contribution in [0.25, 0.3) is 0 Å². The van der Waals surface area contributed by atoms with E-state index in [4.69, 9.17) is 4.74 Å². The summed E-state index contributed by atoms with van der Waals surface area (Å²) < 4.78 is 5.35. The van der Waals surface area contributed by atoms with Crippen LogP contribution in [0.3, 0.4) is 0 Å². The Hall–Kier alpha value is -0.980. The third-order valence-electron chi connectivity index (χ3n) is 2.33. The van der Waals surface area contributed by atoms with Crippen molar-refractivity contribution in [1.82, 2.24) is 0 Å². The van der Waals surface area contributed by atoms with E-state index in [-0.39, 0.29) is 0 Å². The second-order valence-corrected chi connectivity index (χ2v) is 3.54. The topological polar surface area (TPSA) is 9.23 Å². The van der Waals surface area contributed by atoms with Crippen LogP contribution in [0.4, 0.5) is 0 Å². The van der Waals surface area contributed by atoms with Gasteiger partial charge in [-0.3, -0.25) is 0 Å². The zero-order valence-electron chi connectivity index (χ0n) is 8.92. The molecule has 1 aromatic carbocycles. The zero-order valence-corrected chi connectivity index (χ0v) is 8.92. The number of ether oxygens (including phenoxy) is 1. The minimum Gasteiger partial charge on any atom is -0.496 e. The van der Waals surface area contributed by atoms with Crippen LogP contribution in [0.2, 0.25) is 0 Å². The lowest BCUT2D eigenvalue weighted by molar-refractivity contribution is 0.406. The van der Waals surface area contributed by atoms with Crippen molar-refractivity contribution in [2.75, 3.05) is 7.11 Å². The third-order valence-corrected chi connectivity index (χ3v) is 2.33. The summed E-state index contributed by atoms with van der Waals surface area (Å²) in [5, 5.41) is 0. The van der Waals surface area contributed by atoms with Crippen molar-refractivity contribution >= 4 is 0 Å². The van der Waals surface area contributed by atoms with E-state index < -0.39 is 0 Å². The van der Waals surface area contributed by atoms with Gasteiger partial charge in [-0.2, -0.15) is 0 Å². The molecule has 0 aliphatic carbocycles. The van der Waals surface area contributed by atoms with Gasteiger partial charge < -0.3 is 4.74 Å². The van der Waals surface area contributed by atoms with Crippen LogP contribution in [-0.4, -0.2) is 7.11 Å². The molecule has 0 aromatic heterocycles. The Morgan fingerprint density at radius 3 is 2.46 bits per heavy atom. The molecular formula is C12H18O. The molecule has 0 heterocycles. The molecule has 0 aliphatic heterocycles. The van der Waals surface area contributed by atoms with Gasteiger partial charge in [0.25, 0.3) is 0 Å². The van der Waals surface area contributed by atoms with Gasteiger partial charge in [0.05, 0.1) is 7.11 Å². The Morgan fingerprint density at radius 1 is 1.31 bits per heavy atom. The maximum Gasteiger partial charge on any atom is 0.122 e. The average Bonchev–Trinajstić information content (AvgIpc) is 2.16. The van der Waals surface area contributed by atoms with Gasteiger partial charge in [0.2, 0.25) is 0 Å². The van der Waals surface area contributed by atoms with Gasteiger partial charge in [0.1, 0.15) is 5.75 Å². The van der Waals surface area contributed by atoms with Crippen molar-refractivity contribution in [3.05, 3.63) is 29.3 Å². The quantitative estimate of drug-likeness (QED) is 0.689. The lowest BCUT2D eigenvalue weighted by Crippen LogP contribution is -1.99. The summed E-state index contributed by atoms with van der Waals surface area (Å²) in [5.41, 5.74) is 2.75. The second-order valence-electron chi connectivity index (χ2n) is 3.54. The van der Waals surface area contributed by atoms with E-state index in [1.165, 1.54) is 11.1 Å². The summed E-state index contributed by atoms with van der Waals surface area (Å²) >= 11 is 0. The van der Waals surface area contributed by atoms with Crippen LogP contribution in [0.5, 0.6) is 5.75 Å². The van der Waals surface area contributed by atoms with Crippen molar-refractivity contribution in [1.29, 1.82) is 0 Å². The van der Waals surface area contributed by atoms with Crippen LogP contribution >= 0.6 is 0 Å². The first-order valence-electron chi connectivity index (χ1n) is 4.86. The highest BCUT2D eigenvalue weighted by Crippen LogP contribution is 2.29. The first-order valence-corrected chi connectivity index (χ1v) is 4.86. The maximum atomic E-state index is 5.35. The molecule has 0 spiro atoms. The minimum atomic E-state index is 0.533. The third kappa shape index (κ3) is 2.03. The van der Waals surface area contributed by atoms with Gasteiger partial charge >= 0.3 is 0 Å². The number of benzene rings is 1. The number of rotatable bonds is 3. The van der Waals surface area contributed by atoms with Crippen LogP contribution in [0.1, 0.15) is 37.8 Å². The smallest absolute Gasteiger partial charge is 0.122 e. The van der Waals surface area contributed by atoms with E-state index in [9.17, 15) is 0 Å². The lowest BCUT2D eigenvalue weighted by Gasteiger charge is -2.15. The molecule has 0 saturated carbocycles. The Bertz CT molecular complexity index is 254. The Kier molecular flexibility index (Phi) is 3.35. The van der Waals surface area contributed by atoms with Gasteiger partial charge in [0, 0.05) is 0 Å². The highest BCUT2D eigenvalue weighted by molar-refractivity contribution is 5.42. The standard InChI is InChI=1S/C12H18O/c1-5-10-7-6-8-11(13-4)12(10)9(2)3/h6-9H,5H2,1-4H3. The largest absolute Gasteiger partial charge is 0.496 e. The molecule has 13 heavy (non-hydrogen) atoms. The molecule has 0 N–H and O–H groups in total. The monoisotopic (exact) mass is 178 g/mol. The van der Waals surface area contributed by atoms with E-state index in [1.54, 1.807) is 7.11 Å².